The lowest BCUT2D eigenvalue weighted by atomic mass is 9.95. The highest BCUT2D eigenvalue weighted by Crippen LogP contribution is 2.36. The summed E-state index contributed by atoms with van der Waals surface area (Å²) in [6.07, 6.45) is 5.23. The van der Waals surface area contributed by atoms with Crippen LogP contribution >= 0.6 is 0 Å². The van der Waals surface area contributed by atoms with E-state index in [2.05, 4.69) is 5.32 Å². The Morgan fingerprint density at radius 2 is 1.69 bits per heavy atom. The Balaban J connectivity index is 1.39. The molecule has 2 saturated carbocycles. The van der Waals surface area contributed by atoms with Crippen LogP contribution in [0.15, 0.2) is 46.2 Å². The van der Waals surface area contributed by atoms with Gasteiger partial charge in [-0.15, -0.1) is 0 Å². The van der Waals surface area contributed by atoms with Gasteiger partial charge in [0.15, 0.2) is 9.84 Å². The van der Waals surface area contributed by atoms with Crippen LogP contribution in [0.1, 0.15) is 75.2 Å². The lowest BCUT2D eigenvalue weighted by Crippen LogP contribution is -2.44. The number of aromatic nitrogens is 1. The summed E-state index contributed by atoms with van der Waals surface area (Å²) in [7, 11) is -3.95. The minimum Gasteiger partial charge on any atom is -0.444 e. The molecule has 1 aliphatic heterocycles. The second-order valence-electron chi connectivity index (χ2n) is 13.7. The van der Waals surface area contributed by atoms with Gasteiger partial charge in [-0.3, -0.25) is 9.59 Å². The number of piperidine rings is 1. The van der Waals surface area contributed by atoms with Crippen LogP contribution in [0.2, 0.25) is 0 Å². The Labute approximate surface area is 262 Å². The summed E-state index contributed by atoms with van der Waals surface area (Å²) in [6.45, 7) is 7.88. The topological polar surface area (TPSA) is 115 Å². The van der Waals surface area contributed by atoms with Crippen LogP contribution in [0, 0.1) is 18.7 Å². The van der Waals surface area contributed by atoms with Gasteiger partial charge < -0.3 is 19.5 Å². The van der Waals surface area contributed by atoms with Crippen molar-refractivity contribution in [2.75, 3.05) is 13.1 Å². The number of fused-ring (bicyclic) bond motifs is 1. The average Bonchev–Trinajstić information content (AvgIpc) is 3.92. The summed E-state index contributed by atoms with van der Waals surface area (Å²) in [6, 6.07) is 7.86. The predicted molar refractivity (Wildman–Crippen MR) is 170 cm³/mol. The van der Waals surface area contributed by atoms with E-state index in [1.807, 2.05) is 0 Å². The number of likely N-dealkylation sites (tertiary alicyclic amines) is 1. The van der Waals surface area contributed by atoms with Crippen molar-refractivity contribution in [3.63, 3.8) is 0 Å². The number of nitrogens with one attached hydrogen (secondary N) is 1. The number of hydrogen-bond donors (Lipinski definition) is 1. The van der Waals surface area contributed by atoms with Gasteiger partial charge in [0.05, 0.1) is 10.1 Å². The van der Waals surface area contributed by atoms with Crippen molar-refractivity contribution in [3.8, 4) is 11.1 Å². The smallest absolute Gasteiger partial charge is 0.410 e. The van der Waals surface area contributed by atoms with Crippen LogP contribution in [0.3, 0.4) is 0 Å². The summed E-state index contributed by atoms with van der Waals surface area (Å²) in [5.74, 6) is -0.567. The molecule has 1 N–H and O–H groups in total. The van der Waals surface area contributed by atoms with Crippen molar-refractivity contribution in [1.29, 1.82) is 0 Å². The van der Waals surface area contributed by atoms with E-state index in [-0.39, 0.29) is 64.7 Å². The minimum absolute atomic E-state index is 0.0519. The maximum Gasteiger partial charge on any atom is 0.410 e. The maximum absolute atomic E-state index is 15.1. The van der Waals surface area contributed by atoms with Crippen LogP contribution in [-0.2, 0) is 21.1 Å². The van der Waals surface area contributed by atoms with Crippen molar-refractivity contribution in [2.24, 2.45) is 5.92 Å². The van der Waals surface area contributed by atoms with Crippen LogP contribution < -0.4 is 10.9 Å². The first-order valence-corrected chi connectivity index (χ1v) is 17.3. The molecule has 9 nitrogen and oxygen atoms in total. The number of amides is 2. The average molecular weight is 638 g/mol. The van der Waals surface area contributed by atoms with Crippen LogP contribution in [-0.4, -0.2) is 59.9 Å². The van der Waals surface area contributed by atoms with Crippen molar-refractivity contribution in [1.82, 2.24) is 14.8 Å². The first-order chi connectivity index (χ1) is 21.2. The summed E-state index contributed by atoms with van der Waals surface area (Å²) in [5, 5.41) is 2.66. The molecule has 3 fully saturated rings. The van der Waals surface area contributed by atoms with E-state index in [1.165, 1.54) is 21.7 Å². The Hall–Kier alpha value is -3.73. The Bertz CT molecular complexity index is 1850. The zero-order chi connectivity index (χ0) is 32.3. The molecule has 0 unspecified atom stereocenters. The number of carbonyl (C=O) groups is 2. The number of nitrogens with zero attached hydrogens (tertiary/aromatic N) is 2. The van der Waals surface area contributed by atoms with Crippen molar-refractivity contribution < 1.29 is 27.1 Å². The van der Waals surface area contributed by atoms with Gasteiger partial charge in [0.25, 0.3) is 11.5 Å². The van der Waals surface area contributed by atoms with E-state index < -0.39 is 32.6 Å². The highest BCUT2D eigenvalue weighted by Gasteiger charge is 2.36. The number of carbonyl (C=O) groups excluding carboxylic acids is 2. The molecule has 2 heterocycles. The minimum atomic E-state index is -3.95. The number of ether oxygens (including phenoxy) is 1. The van der Waals surface area contributed by atoms with E-state index in [1.54, 1.807) is 52.0 Å². The molecule has 2 amide bonds. The van der Waals surface area contributed by atoms with E-state index in [0.717, 1.165) is 25.7 Å². The maximum atomic E-state index is 15.1. The van der Waals surface area contributed by atoms with E-state index in [9.17, 15) is 22.8 Å². The molecule has 1 saturated heterocycles. The molecule has 45 heavy (non-hydrogen) atoms. The fraction of sp³-hybridized carbons (Fsp3) is 0.500. The lowest BCUT2D eigenvalue weighted by molar-refractivity contribution is 0.0217. The third kappa shape index (κ3) is 6.64. The number of rotatable bonds is 7. The third-order valence-electron chi connectivity index (χ3n) is 8.87. The quantitative estimate of drug-likeness (QED) is 0.361. The summed E-state index contributed by atoms with van der Waals surface area (Å²) < 4.78 is 50.8. The molecule has 3 aliphatic rings. The van der Waals surface area contributed by atoms with E-state index >= 15 is 4.39 Å². The fourth-order valence-electron chi connectivity index (χ4n) is 5.93. The highest BCUT2D eigenvalue weighted by atomic mass is 32.2. The first-order valence-electron chi connectivity index (χ1n) is 15.7. The second kappa shape index (κ2) is 11.6. The standard InChI is InChI=1S/C34H40FN3O6S/c1-20-27(16-23(17-29(20)35)31(39)36-24-8-9-24)22-7-10-26-28(15-22)30(19-38(32(26)40)18-21-5-6-21)45(42,43)25-11-13-37(14-12-25)33(41)44-34(2,3)4/h7,10,15-17,19,21,24-25H,5-6,8-9,11-14,18H2,1-4H3,(H,36,39). The molecular weight excluding hydrogens is 597 g/mol. The number of benzene rings is 2. The zero-order valence-corrected chi connectivity index (χ0v) is 27.0. The Morgan fingerprint density at radius 3 is 2.31 bits per heavy atom. The predicted octanol–water partition coefficient (Wildman–Crippen LogP) is 5.59. The van der Waals surface area contributed by atoms with Gasteiger partial charge in [0.2, 0.25) is 0 Å². The third-order valence-corrected chi connectivity index (χ3v) is 11.2. The molecule has 0 spiro atoms. The van der Waals surface area contributed by atoms with Crippen LogP contribution in [0.4, 0.5) is 9.18 Å². The fourth-order valence-corrected chi connectivity index (χ4v) is 7.87. The van der Waals surface area contributed by atoms with Gasteiger partial charge in [-0.1, -0.05) is 6.07 Å². The molecule has 0 atom stereocenters. The largest absolute Gasteiger partial charge is 0.444 e. The van der Waals surface area contributed by atoms with Gasteiger partial charge in [-0.2, -0.15) is 0 Å². The summed E-state index contributed by atoms with van der Waals surface area (Å²) in [4.78, 5) is 40.6. The first kappa shape index (κ1) is 31.3. The molecule has 240 valence electrons. The van der Waals surface area contributed by atoms with Gasteiger partial charge in [-0.05, 0) is 113 Å². The molecule has 2 aliphatic carbocycles. The Morgan fingerprint density at radius 1 is 1.00 bits per heavy atom. The van der Waals surface area contributed by atoms with Gasteiger partial charge >= 0.3 is 6.09 Å². The molecular formula is C34H40FN3O6S. The molecule has 0 radical (unpaired) electrons. The summed E-state index contributed by atoms with van der Waals surface area (Å²) >= 11 is 0. The van der Waals surface area contributed by atoms with Crippen molar-refractivity contribution in [2.45, 2.75) is 94.6 Å². The van der Waals surface area contributed by atoms with Gasteiger partial charge in [-0.25, -0.2) is 17.6 Å². The van der Waals surface area contributed by atoms with Gasteiger partial charge in [0, 0.05) is 48.2 Å². The number of hydrogen-bond acceptors (Lipinski definition) is 6. The number of halogens is 1. The normalized spacial score (nSPS) is 17.8. The molecule has 11 heteroatoms. The van der Waals surface area contributed by atoms with Crippen molar-refractivity contribution in [3.05, 3.63) is 63.8 Å². The van der Waals surface area contributed by atoms with Gasteiger partial charge in [0.1, 0.15) is 11.4 Å². The highest BCUT2D eigenvalue weighted by molar-refractivity contribution is 7.92. The summed E-state index contributed by atoms with van der Waals surface area (Å²) in [5.41, 5.74) is 0.531. The molecule has 3 aromatic rings. The SMILES string of the molecule is Cc1c(F)cc(C(=O)NC2CC2)cc1-c1ccc2c(=O)n(CC3CC3)cc(S(=O)(=O)C3CCN(C(=O)OC(C)(C)C)CC3)c2c1. The number of sulfone groups is 1. The Kier molecular flexibility index (Phi) is 8.04. The molecule has 1 aromatic heterocycles. The van der Waals surface area contributed by atoms with E-state index in [0.29, 0.717) is 29.2 Å². The lowest BCUT2D eigenvalue weighted by Gasteiger charge is -2.33. The number of pyridine rings is 1. The molecule has 2 aromatic carbocycles. The monoisotopic (exact) mass is 637 g/mol. The zero-order valence-electron chi connectivity index (χ0n) is 26.2. The van der Waals surface area contributed by atoms with Crippen molar-refractivity contribution >= 4 is 32.6 Å². The van der Waals surface area contributed by atoms with Crippen LogP contribution in [0.25, 0.3) is 21.9 Å². The second-order valence-corrected chi connectivity index (χ2v) is 15.9. The van der Waals surface area contributed by atoms with Crippen LogP contribution in [0.5, 0.6) is 0 Å². The van der Waals surface area contributed by atoms with E-state index in [4.69, 9.17) is 4.74 Å². The molecule has 6 rings (SSSR count). The molecule has 0 bridgehead atoms.